The molecule has 142 valence electrons. The second kappa shape index (κ2) is 7.45. The highest BCUT2D eigenvalue weighted by atomic mass is 35.5. The van der Waals surface area contributed by atoms with Crippen LogP contribution in [0.4, 0.5) is 17.3 Å². The molecule has 0 radical (unpaired) electrons. The summed E-state index contributed by atoms with van der Waals surface area (Å²) >= 11 is 6.02. The molecule has 8 nitrogen and oxygen atoms in total. The summed E-state index contributed by atoms with van der Waals surface area (Å²) in [6.45, 7) is 0. The maximum Gasteiger partial charge on any atom is 0.238 e. The van der Waals surface area contributed by atoms with Crippen LogP contribution in [0.25, 0.3) is 11.0 Å². The van der Waals surface area contributed by atoms with E-state index in [1.54, 1.807) is 42.5 Å². The predicted octanol–water partition coefficient (Wildman–Crippen LogP) is 3.69. The Morgan fingerprint density at radius 1 is 1.00 bits per heavy atom. The number of aromatic nitrogens is 4. The van der Waals surface area contributed by atoms with Crippen molar-refractivity contribution in [1.29, 1.82) is 0 Å². The molecular formula is C18H15ClN6O2S. The van der Waals surface area contributed by atoms with Gasteiger partial charge in [0.25, 0.3) is 0 Å². The molecule has 0 bridgehead atoms. The normalized spacial score (nSPS) is 11.5. The molecule has 10 heteroatoms. The molecule has 0 spiro atoms. The van der Waals surface area contributed by atoms with Crippen LogP contribution in [0, 0.1) is 0 Å². The van der Waals surface area contributed by atoms with Crippen molar-refractivity contribution in [1.82, 2.24) is 20.2 Å². The van der Waals surface area contributed by atoms with Crippen molar-refractivity contribution in [2.24, 2.45) is 0 Å². The average molecular weight is 415 g/mol. The first-order valence-corrected chi connectivity index (χ1v) is 10.3. The number of hydrogen-bond donors (Lipinski definition) is 3. The molecule has 28 heavy (non-hydrogen) atoms. The van der Waals surface area contributed by atoms with Crippen LogP contribution in [0.15, 0.2) is 60.9 Å². The molecule has 0 aliphatic rings. The zero-order valence-electron chi connectivity index (χ0n) is 14.4. The van der Waals surface area contributed by atoms with Crippen molar-refractivity contribution in [2.75, 3.05) is 10.0 Å². The van der Waals surface area contributed by atoms with Gasteiger partial charge in [0.2, 0.25) is 10.0 Å². The van der Waals surface area contributed by atoms with E-state index in [2.05, 4.69) is 30.2 Å². The SMILES string of the molecule is O=S(=O)(Cc1ccccc1)Nc1n[nH]c2ncnc(Nc3cccc(Cl)c3)c12. The second-order valence-electron chi connectivity index (χ2n) is 6.00. The molecule has 4 aromatic rings. The highest BCUT2D eigenvalue weighted by Crippen LogP contribution is 2.29. The standard InChI is InChI=1S/C18H15ClN6O2S/c19-13-7-4-8-14(9-13)22-16-15-17(21-11-20-16)23-24-18(15)25-28(26,27)10-12-5-2-1-3-6-12/h1-9,11H,10H2,(H3,20,21,22,23,24,25). The molecule has 2 heterocycles. The number of H-pyrrole nitrogens is 1. The maximum atomic E-state index is 12.6. The number of aromatic amines is 1. The van der Waals surface area contributed by atoms with Gasteiger partial charge in [-0.2, -0.15) is 5.10 Å². The third-order valence-electron chi connectivity index (χ3n) is 3.90. The summed E-state index contributed by atoms with van der Waals surface area (Å²) in [6, 6.07) is 16.0. The number of hydrogen-bond acceptors (Lipinski definition) is 6. The Morgan fingerprint density at radius 3 is 2.61 bits per heavy atom. The van der Waals surface area contributed by atoms with Crippen molar-refractivity contribution in [3.63, 3.8) is 0 Å². The fourth-order valence-electron chi connectivity index (χ4n) is 2.71. The van der Waals surface area contributed by atoms with Gasteiger partial charge in [-0.3, -0.25) is 9.82 Å². The van der Waals surface area contributed by atoms with Crippen molar-refractivity contribution in [2.45, 2.75) is 5.75 Å². The number of halogens is 1. The van der Waals surface area contributed by atoms with Crippen LogP contribution in [0.5, 0.6) is 0 Å². The molecule has 0 amide bonds. The molecule has 2 aromatic carbocycles. The predicted molar refractivity (Wildman–Crippen MR) is 109 cm³/mol. The molecule has 0 saturated heterocycles. The third-order valence-corrected chi connectivity index (χ3v) is 5.35. The molecule has 0 unspecified atom stereocenters. The summed E-state index contributed by atoms with van der Waals surface area (Å²) in [5.41, 5.74) is 1.77. The average Bonchev–Trinajstić information content (AvgIpc) is 3.05. The van der Waals surface area contributed by atoms with E-state index in [1.807, 2.05) is 12.1 Å². The monoisotopic (exact) mass is 414 g/mol. The summed E-state index contributed by atoms with van der Waals surface area (Å²) in [6.07, 6.45) is 1.36. The van der Waals surface area contributed by atoms with Crippen LogP contribution < -0.4 is 10.0 Å². The second-order valence-corrected chi connectivity index (χ2v) is 8.16. The van der Waals surface area contributed by atoms with Crippen LogP contribution in [-0.2, 0) is 15.8 Å². The number of nitrogens with one attached hydrogen (secondary N) is 3. The van der Waals surface area contributed by atoms with E-state index >= 15 is 0 Å². The first kappa shape index (κ1) is 18.2. The fourth-order valence-corrected chi connectivity index (χ4v) is 4.04. The Balaban J connectivity index is 1.66. The molecule has 4 rings (SSSR count). The van der Waals surface area contributed by atoms with E-state index in [9.17, 15) is 8.42 Å². The van der Waals surface area contributed by atoms with Gasteiger partial charge in [-0.15, -0.1) is 0 Å². The van der Waals surface area contributed by atoms with Gasteiger partial charge in [0.05, 0.1) is 5.75 Å². The number of nitrogens with zero attached hydrogens (tertiary/aromatic N) is 3. The molecule has 0 aliphatic carbocycles. The number of rotatable bonds is 6. The van der Waals surface area contributed by atoms with Crippen molar-refractivity contribution >= 4 is 50.0 Å². The van der Waals surface area contributed by atoms with Crippen LogP contribution in [0.3, 0.4) is 0 Å². The topological polar surface area (TPSA) is 113 Å². The quantitative estimate of drug-likeness (QED) is 0.443. The van der Waals surface area contributed by atoms with E-state index in [0.29, 0.717) is 33.1 Å². The van der Waals surface area contributed by atoms with E-state index in [0.717, 1.165) is 0 Å². The lowest BCUT2D eigenvalue weighted by molar-refractivity contribution is 0.600. The Hall–Kier alpha value is -3.17. The Bertz CT molecular complexity index is 1230. The van der Waals surface area contributed by atoms with Crippen LogP contribution in [-0.4, -0.2) is 28.6 Å². The van der Waals surface area contributed by atoms with Crippen LogP contribution in [0.2, 0.25) is 5.02 Å². The van der Waals surface area contributed by atoms with Gasteiger partial charge < -0.3 is 5.32 Å². The van der Waals surface area contributed by atoms with E-state index in [1.165, 1.54) is 6.33 Å². The lowest BCUT2D eigenvalue weighted by Crippen LogP contribution is -2.15. The summed E-state index contributed by atoms with van der Waals surface area (Å²) < 4.78 is 27.7. The first-order chi connectivity index (χ1) is 13.5. The smallest absolute Gasteiger partial charge is 0.238 e. The Morgan fingerprint density at radius 2 is 1.82 bits per heavy atom. The number of benzene rings is 2. The van der Waals surface area contributed by atoms with E-state index in [4.69, 9.17) is 11.6 Å². The number of sulfonamides is 1. The Kier molecular flexibility index (Phi) is 4.84. The van der Waals surface area contributed by atoms with E-state index in [-0.39, 0.29) is 11.6 Å². The van der Waals surface area contributed by atoms with Gasteiger partial charge >= 0.3 is 0 Å². The maximum absolute atomic E-state index is 12.6. The molecule has 2 aromatic heterocycles. The number of fused-ring (bicyclic) bond motifs is 1. The highest BCUT2D eigenvalue weighted by molar-refractivity contribution is 7.91. The zero-order chi connectivity index (χ0) is 19.6. The first-order valence-electron chi connectivity index (χ1n) is 8.26. The third kappa shape index (κ3) is 4.05. The molecule has 0 saturated carbocycles. The molecule has 0 fully saturated rings. The minimum Gasteiger partial charge on any atom is -0.339 e. The van der Waals surface area contributed by atoms with E-state index < -0.39 is 10.0 Å². The summed E-state index contributed by atoms with van der Waals surface area (Å²) in [4.78, 5) is 8.32. The van der Waals surface area contributed by atoms with Crippen molar-refractivity contribution < 1.29 is 8.42 Å². The Labute approximate surface area is 166 Å². The van der Waals surface area contributed by atoms with Crippen molar-refractivity contribution in [3.8, 4) is 0 Å². The molecule has 0 aliphatic heterocycles. The molecule has 0 atom stereocenters. The lowest BCUT2D eigenvalue weighted by Gasteiger charge is -2.09. The summed E-state index contributed by atoms with van der Waals surface area (Å²) in [5, 5.41) is 10.9. The van der Waals surface area contributed by atoms with Gasteiger partial charge in [-0.1, -0.05) is 48.0 Å². The largest absolute Gasteiger partial charge is 0.339 e. The minimum atomic E-state index is -3.68. The van der Waals surface area contributed by atoms with Gasteiger partial charge in [-0.05, 0) is 23.8 Å². The number of anilines is 3. The zero-order valence-corrected chi connectivity index (χ0v) is 16.0. The lowest BCUT2D eigenvalue weighted by atomic mass is 10.2. The van der Waals surface area contributed by atoms with Crippen LogP contribution >= 0.6 is 11.6 Å². The van der Waals surface area contributed by atoms with Gasteiger partial charge in [0.1, 0.15) is 17.5 Å². The van der Waals surface area contributed by atoms with Gasteiger partial charge in [0.15, 0.2) is 11.5 Å². The molecule has 3 N–H and O–H groups in total. The van der Waals surface area contributed by atoms with Gasteiger partial charge in [-0.25, -0.2) is 18.4 Å². The summed E-state index contributed by atoms with van der Waals surface area (Å²) in [7, 11) is -3.68. The minimum absolute atomic E-state index is 0.121. The highest BCUT2D eigenvalue weighted by Gasteiger charge is 2.19. The van der Waals surface area contributed by atoms with Gasteiger partial charge in [0, 0.05) is 10.7 Å². The van der Waals surface area contributed by atoms with Crippen molar-refractivity contribution in [3.05, 3.63) is 71.5 Å². The fraction of sp³-hybridized carbons (Fsp3) is 0.0556. The van der Waals surface area contributed by atoms with Crippen LogP contribution in [0.1, 0.15) is 5.56 Å². The molecular weight excluding hydrogens is 400 g/mol. The summed E-state index contributed by atoms with van der Waals surface area (Å²) in [5.74, 6) is 0.349.